The number of carbonyl (C=O) groups is 2. The SMILES string of the molecule is O=C1CCC/C1=C1/SS/C(=C2\CCCC2=O)S1. The van der Waals surface area contributed by atoms with Gasteiger partial charge in [0.05, 0.1) is 8.47 Å². The minimum atomic E-state index is 0.310. The lowest BCUT2D eigenvalue weighted by atomic mass is 10.2. The molecule has 1 aliphatic heterocycles. The van der Waals surface area contributed by atoms with Crippen LogP contribution in [-0.4, -0.2) is 11.6 Å². The summed E-state index contributed by atoms with van der Waals surface area (Å²) in [6.07, 6.45) is 5.24. The van der Waals surface area contributed by atoms with Crippen LogP contribution in [0.25, 0.3) is 0 Å². The molecule has 1 heterocycles. The maximum absolute atomic E-state index is 11.7. The van der Waals surface area contributed by atoms with Gasteiger partial charge in [-0.1, -0.05) is 11.8 Å². The van der Waals surface area contributed by atoms with Gasteiger partial charge in [0.25, 0.3) is 0 Å². The third kappa shape index (κ3) is 2.25. The lowest BCUT2D eigenvalue weighted by molar-refractivity contribution is -0.115. The highest BCUT2D eigenvalue weighted by Crippen LogP contribution is 2.60. The molecule has 5 heteroatoms. The molecule has 0 radical (unpaired) electrons. The molecule has 0 bridgehead atoms. The quantitative estimate of drug-likeness (QED) is 0.495. The Kier molecular flexibility index (Phi) is 3.41. The number of hydrogen-bond acceptors (Lipinski definition) is 5. The number of rotatable bonds is 0. The van der Waals surface area contributed by atoms with Crippen molar-refractivity contribution < 1.29 is 9.59 Å². The Hall–Kier alpha value is -0.130. The summed E-state index contributed by atoms with van der Waals surface area (Å²) in [6, 6.07) is 0. The van der Waals surface area contributed by atoms with Crippen molar-refractivity contribution in [2.45, 2.75) is 38.5 Å². The second kappa shape index (κ2) is 4.86. The third-order valence-electron chi connectivity index (χ3n) is 3.21. The van der Waals surface area contributed by atoms with Crippen LogP contribution in [0.2, 0.25) is 0 Å². The molecule has 3 rings (SSSR count). The first-order chi connectivity index (χ1) is 8.25. The fourth-order valence-electron chi connectivity index (χ4n) is 2.28. The molecule has 0 aromatic rings. The van der Waals surface area contributed by atoms with E-state index in [1.807, 2.05) is 0 Å². The summed E-state index contributed by atoms with van der Waals surface area (Å²) >= 11 is 1.66. The molecule has 0 atom stereocenters. The molecule has 0 unspecified atom stereocenters. The topological polar surface area (TPSA) is 34.1 Å². The average Bonchev–Trinajstić information content (AvgIpc) is 2.97. The van der Waals surface area contributed by atoms with Crippen LogP contribution in [0.15, 0.2) is 19.6 Å². The molecule has 90 valence electrons. The van der Waals surface area contributed by atoms with E-state index in [4.69, 9.17) is 0 Å². The zero-order chi connectivity index (χ0) is 11.8. The highest BCUT2D eigenvalue weighted by Gasteiger charge is 2.30. The van der Waals surface area contributed by atoms with Crippen LogP contribution in [0.3, 0.4) is 0 Å². The molecule has 0 aromatic heterocycles. The van der Waals surface area contributed by atoms with E-state index in [9.17, 15) is 9.59 Å². The van der Waals surface area contributed by atoms with Gasteiger partial charge in [0.1, 0.15) is 0 Å². The van der Waals surface area contributed by atoms with Gasteiger partial charge in [0, 0.05) is 24.0 Å². The number of ketones is 2. The molecule has 2 nitrogen and oxygen atoms in total. The first kappa shape index (κ1) is 11.9. The summed E-state index contributed by atoms with van der Waals surface area (Å²) in [5.41, 5.74) is 2.02. The molecule has 0 amide bonds. The molecule has 3 aliphatic rings. The van der Waals surface area contributed by atoms with E-state index in [1.165, 1.54) is 0 Å². The Bertz CT molecular complexity index is 420. The maximum atomic E-state index is 11.7. The summed E-state index contributed by atoms with van der Waals surface area (Å²) in [7, 11) is 3.34. The summed E-state index contributed by atoms with van der Waals surface area (Å²) in [6.45, 7) is 0. The molecule has 17 heavy (non-hydrogen) atoms. The zero-order valence-corrected chi connectivity index (χ0v) is 11.7. The normalized spacial score (nSPS) is 34.1. The number of allylic oxidation sites excluding steroid dienone is 2. The molecule has 0 spiro atoms. The molecular formula is C12H12O2S3. The zero-order valence-electron chi connectivity index (χ0n) is 9.28. The highest BCUT2D eigenvalue weighted by molar-refractivity contribution is 8.86. The Balaban J connectivity index is 1.87. The van der Waals surface area contributed by atoms with Crippen LogP contribution in [0, 0.1) is 0 Å². The third-order valence-corrected chi connectivity index (χ3v) is 7.83. The minimum absolute atomic E-state index is 0.310. The smallest absolute Gasteiger partial charge is 0.160 e. The van der Waals surface area contributed by atoms with Gasteiger partial charge >= 0.3 is 0 Å². The van der Waals surface area contributed by atoms with E-state index in [0.29, 0.717) is 24.4 Å². The van der Waals surface area contributed by atoms with Crippen molar-refractivity contribution in [1.29, 1.82) is 0 Å². The summed E-state index contributed by atoms with van der Waals surface area (Å²) in [5.74, 6) is 0.620. The first-order valence-electron chi connectivity index (χ1n) is 5.81. The van der Waals surface area contributed by atoms with E-state index in [-0.39, 0.29) is 0 Å². The molecule has 0 aromatic carbocycles. The number of hydrogen-bond donors (Lipinski definition) is 0. The van der Waals surface area contributed by atoms with Crippen LogP contribution in [0.4, 0.5) is 0 Å². The standard InChI is InChI=1S/C12H12O2S3/c13-9-5-1-3-7(9)11-15-12(17-16-11)8-4-2-6-10(8)14/h1-6H2/b11-7-,12-8+. The Morgan fingerprint density at radius 1 is 0.706 bits per heavy atom. The van der Waals surface area contributed by atoms with Crippen molar-refractivity contribution in [3.63, 3.8) is 0 Å². The van der Waals surface area contributed by atoms with Gasteiger partial charge in [-0.25, -0.2) is 0 Å². The molecule has 2 aliphatic carbocycles. The van der Waals surface area contributed by atoms with Crippen LogP contribution < -0.4 is 0 Å². The van der Waals surface area contributed by atoms with E-state index in [0.717, 1.165) is 45.3 Å². The van der Waals surface area contributed by atoms with Crippen LogP contribution >= 0.6 is 33.3 Å². The summed E-state index contributed by atoms with van der Waals surface area (Å²) < 4.78 is 2.28. The van der Waals surface area contributed by atoms with Gasteiger partial charge in [-0.3, -0.25) is 9.59 Å². The summed E-state index contributed by atoms with van der Waals surface area (Å²) in [5, 5.41) is 0. The Labute approximate surface area is 112 Å². The van der Waals surface area contributed by atoms with Crippen molar-refractivity contribution in [3.8, 4) is 0 Å². The number of carbonyl (C=O) groups excluding carboxylic acids is 2. The molecule has 3 fully saturated rings. The Morgan fingerprint density at radius 2 is 1.18 bits per heavy atom. The van der Waals surface area contributed by atoms with Crippen LogP contribution in [-0.2, 0) is 9.59 Å². The van der Waals surface area contributed by atoms with Gasteiger partial charge in [-0.2, -0.15) is 0 Å². The lowest BCUT2D eigenvalue weighted by Gasteiger charge is -1.99. The van der Waals surface area contributed by atoms with Gasteiger partial charge in [0.15, 0.2) is 11.6 Å². The highest BCUT2D eigenvalue weighted by atomic mass is 33.1. The lowest BCUT2D eigenvalue weighted by Crippen LogP contribution is -1.93. The number of thioether (sulfide) groups is 1. The largest absolute Gasteiger partial charge is 0.294 e. The molecular weight excluding hydrogens is 272 g/mol. The monoisotopic (exact) mass is 284 g/mol. The molecule has 1 saturated heterocycles. The van der Waals surface area contributed by atoms with Crippen molar-refractivity contribution in [2.75, 3.05) is 0 Å². The number of Topliss-reactive ketones (excluding diaryl/α,β-unsaturated/α-hetero) is 2. The van der Waals surface area contributed by atoms with Crippen LogP contribution in [0.5, 0.6) is 0 Å². The second-order valence-electron chi connectivity index (χ2n) is 4.35. The van der Waals surface area contributed by atoms with Crippen LogP contribution in [0.1, 0.15) is 38.5 Å². The van der Waals surface area contributed by atoms with E-state index in [1.54, 1.807) is 33.3 Å². The fraction of sp³-hybridized carbons (Fsp3) is 0.500. The average molecular weight is 284 g/mol. The van der Waals surface area contributed by atoms with Gasteiger partial charge < -0.3 is 0 Å². The van der Waals surface area contributed by atoms with Crippen molar-refractivity contribution in [2.24, 2.45) is 0 Å². The van der Waals surface area contributed by atoms with Gasteiger partial charge in [0.2, 0.25) is 0 Å². The van der Waals surface area contributed by atoms with E-state index < -0.39 is 0 Å². The van der Waals surface area contributed by atoms with E-state index in [2.05, 4.69) is 0 Å². The van der Waals surface area contributed by atoms with Crippen molar-refractivity contribution >= 4 is 44.9 Å². The van der Waals surface area contributed by atoms with Gasteiger partial charge in [-0.05, 0) is 47.3 Å². The van der Waals surface area contributed by atoms with Crippen molar-refractivity contribution in [3.05, 3.63) is 19.6 Å². The fourth-order valence-corrected chi connectivity index (χ4v) is 7.13. The van der Waals surface area contributed by atoms with Gasteiger partial charge in [-0.15, -0.1) is 0 Å². The second-order valence-corrected chi connectivity index (χ2v) is 8.04. The first-order valence-corrected chi connectivity index (χ1v) is 8.77. The summed E-state index contributed by atoms with van der Waals surface area (Å²) in [4.78, 5) is 23.4. The predicted octanol–water partition coefficient (Wildman–Crippen LogP) is 4.04. The Morgan fingerprint density at radius 3 is 1.53 bits per heavy atom. The molecule has 2 saturated carbocycles. The minimum Gasteiger partial charge on any atom is -0.294 e. The maximum Gasteiger partial charge on any atom is 0.160 e. The predicted molar refractivity (Wildman–Crippen MR) is 74.5 cm³/mol. The van der Waals surface area contributed by atoms with Crippen molar-refractivity contribution in [1.82, 2.24) is 0 Å². The molecule has 0 N–H and O–H groups in total. The van der Waals surface area contributed by atoms with E-state index >= 15 is 0 Å².